The van der Waals surface area contributed by atoms with Crippen molar-refractivity contribution < 1.29 is 19.4 Å². The Bertz CT molecular complexity index is 1480. The van der Waals surface area contributed by atoms with Crippen molar-refractivity contribution in [3.63, 3.8) is 0 Å². The largest absolute Gasteiger partial charge is 0.389 e. The smallest absolute Gasteiger partial charge is 0.259 e. The molecule has 1 aliphatic rings. The van der Waals surface area contributed by atoms with Crippen LogP contribution >= 0.6 is 0 Å². The van der Waals surface area contributed by atoms with Gasteiger partial charge in [-0.3, -0.25) is 14.9 Å². The third kappa shape index (κ3) is 3.90. The maximum absolute atomic E-state index is 13.2. The number of amides is 2. The third-order valence-electron chi connectivity index (χ3n) is 6.35. The van der Waals surface area contributed by atoms with Gasteiger partial charge in [0.1, 0.15) is 0 Å². The quantitative estimate of drug-likeness (QED) is 0.342. The number of hydrogen-bond acceptors (Lipinski definition) is 5. The van der Waals surface area contributed by atoms with Crippen LogP contribution in [0, 0.1) is 0 Å². The summed E-state index contributed by atoms with van der Waals surface area (Å²) in [5, 5.41) is 14.8. The van der Waals surface area contributed by atoms with E-state index in [1.807, 2.05) is 79.1 Å². The molecule has 5 rings (SSSR count). The first-order valence-corrected chi connectivity index (χ1v) is 11.6. The number of ether oxygens (including phenoxy) is 1. The second-order valence-corrected chi connectivity index (χ2v) is 8.86. The van der Waals surface area contributed by atoms with Crippen molar-refractivity contribution in [2.45, 2.75) is 19.6 Å². The minimum atomic E-state index is -0.720. The number of aliphatic hydroxyl groups is 1. The fourth-order valence-electron chi connectivity index (χ4n) is 4.83. The molecule has 3 heterocycles. The van der Waals surface area contributed by atoms with Gasteiger partial charge in [0.15, 0.2) is 0 Å². The minimum Gasteiger partial charge on any atom is -0.389 e. The number of fused-ring (bicyclic) bond motifs is 2. The Kier molecular flexibility index (Phi) is 5.92. The molecule has 0 saturated heterocycles. The number of nitrogens with zero attached hydrogens (tertiary/aromatic N) is 2. The predicted molar refractivity (Wildman–Crippen MR) is 137 cm³/mol. The molecule has 3 N–H and O–H groups in total. The molecule has 4 aromatic rings. The summed E-state index contributed by atoms with van der Waals surface area (Å²) in [6, 6.07) is 13.6. The average molecular weight is 473 g/mol. The fraction of sp³-hybridized carbons (Fsp3) is 0.259. The molecule has 0 fully saturated rings. The number of anilines is 1. The van der Waals surface area contributed by atoms with Gasteiger partial charge in [0.25, 0.3) is 11.8 Å². The fourth-order valence-corrected chi connectivity index (χ4v) is 4.83. The first-order chi connectivity index (χ1) is 16.9. The second kappa shape index (κ2) is 9.05. The maximum atomic E-state index is 13.2. The van der Waals surface area contributed by atoms with Crippen LogP contribution in [0.15, 0.2) is 54.9 Å². The Morgan fingerprint density at radius 1 is 1.03 bits per heavy atom. The molecule has 2 aromatic heterocycles. The van der Waals surface area contributed by atoms with Gasteiger partial charge < -0.3 is 24.3 Å². The number of aromatic amines is 1. The number of aliphatic hydroxyl groups excluding tert-OH is 1. The molecule has 0 bridgehead atoms. The van der Waals surface area contributed by atoms with Gasteiger partial charge in [-0.25, -0.2) is 0 Å². The number of benzene rings is 2. The number of carbonyl (C=O) groups excluding carboxylic acids is 2. The minimum absolute atomic E-state index is 0.209. The number of hydrogen-bond donors (Lipinski definition) is 3. The monoisotopic (exact) mass is 472 g/mol. The van der Waals surface area contributed by atoms with Gasteiger partial charge in [-0.2, -0.15) is 0 Å². The van der Waals surface area contributed by atoms with Crippen LogP contribution in [0.5, 0.6) is 0 Å². The van der Waals surface area contributed by atoms with Crippen LogP contribution in [0.3, 0.4) is 0 Å². The summed E-state index contributed by atoms with van der Waals surface area (Å²) in [6.45, 7) is 2.90. The van der Waals surface area contributed by atoms with E-state index >= 15 is 0 Å². The Hall–Kier alpha value is -3.88. The van der Waals surface area contributed by atoms with Crippen molar-refractivity contribution in [3.8, 4) is 0 Å². The highest BCUT2D eigenvalue weighted by atomic mass is 16.5. The van der Waals surface area contributed by atoms with Crippen LogP contribution < -0.4 is 10.2 Å². The molecule has 8 nitrogen and oxygen atoms in total. The van der Waals surface area contributed by atoms with E-state index in [0.717, 1.165) is 27.5 Å². The third-order valence-corrected chi connectivity index (χ3v) is 6.35. The highest BCUT2D eigenvalue weighted by Gasteiger charge is 2.35. The molecule has 1 unspecified atom stereocenters. The lowest BCUT2D eigenvalue weighted by Gasteiger charge is -2.16. The summed E-state index contributed by atoms with van der Waals surface area (Å²) in [6.07, 6.45) is 2.91. The van der Waals surface area contributed by atoms with Crippen LogP contribution in [0.4, 0.5) is 5.69 Å². The van der Waals surface area contributed by atoms with E-state index in [1.165, 1.54) is 0 Å². The molecular weight excluding hydrogens is 444 g/mol. The van der Waals surface area contributed by atoms with Gasteiger partial charge in [-0.15, -0.1) is 0 Å². The maximum Gasteiger partial charge on any atom is 0.259 e. The number of para-hydroxylation sites is 1. The van der Waals surface area contributed by atoms with Crippen molar-refractivity contribution in [1.82, 2.24) is 14.9 Å². The molecule has 35 heavy (non-hydrogen) atoms. The zero-order valence-corrected chi connectivity index (χ0v) is 20.0. The van der Waals surface area contributed by atoms with E-state index in [4.69, 9.17) is 4.74 Å². The Morgan fingerprint density at radius 3 is 2.51 bits per heavy atom. The van der Waals surface area contributed by atoms with Gasteiger partial charge in [-0.05, 0) is 25.1 Å². The number of rotatable bonds is 8. The first-order valence-electron chi connectivity index (χ1n) is 11.6. The van der Waals surface area contributed by atoms with E-state index in [1.54, 1.807) is 6.20 Å². The second-order valence-electron chi connectivity index (χ2n) is 8.86. The standard InChI is InChI=1S/C27H28N4O4/c1-4-35-15-16(32)13-31-14-19(23-21(30(2)3)10-7-11-22(23)31)25-24(26(33)29-27(25)34)18-12-28-20-9-6-5-8-17(18)20/h5-12,14,16,28,32H,4,13,15H2,1-3H3,(H,29,33,34). The Balaban J connectivity index is 1.77. The van der Waals surface area contributed by atoms with Gasteiger partial charge in [0.2, 0.25) is 0 Å². The van der Waals surface area contributed by atoms with E-state index in [2.05, 4.69) is 10.3 Å². The lowest BCUT2D eigenvalue weighted by molar-refractivity contribution is -0.122. The molecule has 0 radical (unpaired) electrons. The highest BCUT2D eigenvalue weighted by Crippen LogP contribution is 2.41. The van der Waals surface area contributed by atoms with Crippen LogP contribution in [-0.4, -0.2) is 59.9 Å². The van der Waals surface area contributed by atoms with Crippen molar-refractivity contribution in [1.29, 1.82) is 0 Å². The molecule has 0 aliphatic carbocycles. The number of H-pyrrole nitrogens is 1. The van der Waals surface area contributed by atoms with Crippen molar-refractivity contribution >= 4 is 50.5 Å². The zero-order valence-electron chi connectivity index (χ0n) is 20.0. The predicted octanol–water partition coefficient (Wildman–Crippen LogP) is 3.15. The zero-order chi connectivity index (χ0) is 24.7. The highest BCUT2D eigenvalue weighted by molar-refractivity contribution is 6.51. The summed E-state index contributed by atoms with van der Waals surface area (Å²) in [4.78, 5) is 31.5. The molecule has 0 saturated carbocycles. The van der Waals surface area contributed by atoms with Crippen LogP contribution in [-0.2, 0) is 20.9 Å². The number of nitrogens with one attached hydrogen (secondary N) is 2. The van der Waals surface area contributed by atoms with Gasteiger partial charge in [-0.1, -0.05) is 24.3 Å². The number of carbonyl (C=O) groups is 2. The van der Waals surface area contributed by atoms with E-state index in [9.17, 15) is 14.7 Å². The molecule has 8 heteroatoms. The van der Waals surface area contributed by atoms with Crippen molar-refractivity contribution in [3.05, 3.63) is 66.0 Å². The molecule has 180 valence electrons. The summed E-state index contributed by atoms with van der Waals surface area (Å²) in [5.74, 6) is -0.855. The molecule has 1 aliphatic heterocycles. The Morgan fingerprint density at radius 2 is 1.77 bits per heavy atom. The van der Waals surface area contributed by atoms with E-state index < -0.39 is 17.9 Å². The van der Waals surface area contributed by atoms with Crippen molar-refractivity contribution in [2.75, 3.05) is 32.2 Å². The summed E-state index contributed by atoms with van der Waals surface area (Å²) in [7, 11) is 3.88. The van der Waals surface area contributed by atoms with E-state index in [-0.39, 0.29) is 6.61 Å². The summed E-state index contributed by atoms with van der Waals surface area (Å²) >= 11 is 0. The lowest BCUT2D eigenvalue weighted by Crippen LogP contribution is -2.22. The first kappa shape index (κ1) is 22.9. The SMILES string of the molecule is CCOCC(O)Cn1cc(C2=C(c3c[nH]c4ccccc34)C(=O)NC2=O)c2c(N(C)C)cccc21. The topological polar surface area (TPSA) is 99.6 Å². The van der Waals surface area contributed by atoms with Gasteiger partial charge in [0.05, 0.1) is 35.9 Å². The van der Waals surface area contributed by atoms with Gasteiger partial charge >= 0.3 is 0 Å². The van der Waals surface area contributed by atoms with Crippen molar-refractivity contribution in [2.24, 2.45) is 0 Å². The van der Waals surface area contributed by atoms with E-state index in [0.29, 0.717) is 35.4 Å². The number of imide groups is 1. The summed E-state index contributed by atoms with van der Waals surface area (Å²) in [5.41, 5.74) is 4.66. The van der Waals surface area contributed by atoms with Crippen LogP contribution in [0.2, 0.25) is 0 Å². The average Bonchev–Trinajstić information content (AvgIpc) is 3.50. The van der Waals surface area contributed by atoms with Crippen LogP contribution in [0.25, 0.3) is 33.0 Å². The molecule has 2 aromatic carbocycles. The molecule has 0 spiro atoms. The summed E-state index contributed by atoms with van der Waals surface area (Å²) < 4.78 is 7.32. The molecular formula is C27H28N4O4. The molecule has 2 amide bonds. The molecule has 1 atom stereocenters. The number of aromatic nitrogens is 2. The van der Waals surface area contributed by atoms with Crippen LogP contribution in [0.1, 0.15) is 18.1 Å². The normalized spacial score (nSPS) is 14.9. The Labute approximate surface area is 202 Å². The van der Waals surface area contributed by atoms with Gasteiger partial charge in [0, 0.05) is 66.2 Å². The lowest BCUT2D eigenvalue weighted by atomic mass is 9.95.